The molecule has 0 saturated carbocycles. The summed E-state index contributed by atoms with van der Waals surface area (Å²) in [6.07, 6.45) is 0. The molecular formula is C21H23ClN4O2S. The third-order valence-electron chi connectivity index (χ3n) is 5.06. The second kappa shape index (κ2) is 8.98. The molecule has 8 heteroatoms. The third kappa shape index (κ3) is 4.63. The fourth-order valence-corrected chi connectivity index (χ4v) is 4.65. The summed E-state index contributed by atoms with van der Waals surface area (Å²) in [5.41, 5.74) is 1.53. The molecule has 2 heterocycles. The molecule has 4 rings (SSSR count). The summed E-state index contributed by atoms with van der Waals surface area (Å²) >= 11 is 7.78. The Morgan fingerprint density at radius 1 is 1.21 bits per heavy atom. The van der Waals surface area contributed by atoms with Crippen LogP contribution in [0, 0.1) is 0 Å². The number of hydrogen-bond acceptors (Lipinski definition) is 6. The average molecular weight is 431 g/mol. The van der Waals surface area contributed by atoms with Gasteiger partial charge in [0, 0.05) is 39.3 Å². The van der Waals surface area contributed by atoms with Crippen molar-refractivity contribution in [2.24, 2.45) is 0 Å². The number of rotatable bonds is 6. The van der Waals surface area contributed by atoms with E-state index in [0.717, 1.165) is 53.8 Å². The van der Waals surface area contributed by atoms with Crippen LogP contribution in [-0.2, 0) is 0 Å². The lowest BCUT2D eigenvalue weighted by atomic mass is 10.2. The van der Waals surface area contributed by atoms with Crippen molar-refractivity contribution in [3.8, 4) is 5.75 Å². The Kier molecular flexibility index (Phi) is 6.18. The van der Waals surface area contributed by atoms with Gasteiger partial charge in [-0.15, -0.1) is 0 Å². The maximum absolute atomic E-state index is 12.2. The minimum absolute atomic E-state index is 0.126. The second-order valence-corrected chi connectivity index (χ2v) is 8.31. The first kappa shape index (κ1) is 19.9. The van der Waals surface area contributed by atoms with Crippen molar-refractivity contribution in [3.63, 3.8) is 0 Å². The van der Waals surface area contributed by atoms with Crippen LogP contribution in [0.5, 0.6) is 5.75 Å². The molecule has 3 aromatic rings. The summed E-state index contributed by atoms with van der Waals surface area (Å²) < 4.78 is 6.44. The van der Waals surface area contributed by atoms with E-state index in [1.807, 2.05) is 30.3 Å². The number of nitrogens with zero attached hydrogens (tertiary/aromatic N) is 3. The highest BCUT2D eigenvalue weighted by atomic mass is 35.5. The van der Waals surface area contributed by atoms with Gasteiger partial charge in [0.2, 0.25) is 0 Å². The van der Waals surface area contributed by atoms with Crippen molar-refractivity contribution >= 4 is 44.2 Å². The van der Waals surface area contributed by atoms with E-state index in [1.165, 1.54) is 0 Å². The number of fused-ring (bicyclic) bond motifs is 1. The molecule has 1 amide bonds. The first-order valence-corrected chi connectivity index (χ1v) is 10.8. The molecule has 0 radical (unpaired) electrons. The SMILES string of the molecule is COc1ccc2nc(N3CCN(CCNC(=O)c4ccccc4Cl)CC3)sc2c1. The average Bonchev–Trinajstić information content (AvgIpc) is 3.17. The van der Waals surface area contributed by atoms with Gasteiger partial charge in [0.1, 0.15) is 5.75 Å². The first-order chi connectivity index (χ1) is 14.1. The number of hydrogen-bond donors (Lipinski definition) is 1. The van der Waals surface area contributed by atoms with E-state index < -0.39 is 0 Å². The Labute approximate surface area is 179 Å². The molecule has 1 saturated heterocycles. The van der Waals surface area contributed by atoms with Crippen LogP contribution in [0.4, 0.5) is 5.13 Å². The Morgan fingerprint density at radius 2 is 2.00 bits per heavy atom. The van der Waals surface area contributed by atoms with E-state index in [-0.39, 0.29) is 5.91 Å². The summed E-state index contributed by atoms with van der Waals surface area (Å²) in [5, 5.41) is 4.49. The molecule has 0 spiro atoms. The molecule has 1 fully saturated rings. The number of ether oxygens (including phenoxy) is 1. The van der Waals surface area contributed by atoms with Gasteiger partial charge in [-0.1, -0.05) is 35.1 Å². The molecule has 152 valence electrons. The predicted molar refractivity (Wildman–Crippen MR) is 119 cm³/mol. The van der Waals surface area contributed by atoms with E-state index in [9.17, 15) is 4.79 Å². The number of methoxy groups -OCH3 is 1. The van der Waals surface area contributed by atoms with Gasteiger partial charge in [0.25, 0.3) is 5.91 Å². The van der Waals surface area contributed by atoms with Gasteiger partial charge in [-0.2, -0.15) is 0 Å². The smallest absolute Gasteiger partial charge is 0.252 e. The number of carbonyl (C=O) groups is 1. The number of anilines is 1. The van der Waals surface area contributed by atoms with E-state index in [0.29, 0.717) is 17.1 Å². The summed E-state index contributed by atoms with van der Waals surface area (Å²) in [7, 11) is 1.68. The van der Waals surface area contributed by atoms with Crippen LogP contribution in [0.15, 0.2) is 42.5 Å². The number of halogens is 1. The molecule has 0 bridgehead atoms. The highest BCUT2D eigenvalue weighted by molar-refractivity contribution is 7.22. The number of benzene rings is 2. The lowest BCUT2D eigenvalue weighted by Gasteiger charge is -2.34. The number of piperazine rings is 1. The number of nitrogens with one attached hydrogen (secondary N) is 1. The Morgan fingerprint density at radius 3 is 2.76 bits per heavy atom. The van der Waals surface area contributed by atoms with Crippen molar-refractivity contribution in [2.45, 2.75) is 0 Å². The van der Waals surface area contributed by atoms with Gasteiger partial charge in [-0.3, -0.25) is 9.69 Å². The first-order valence-electron chi connectivity index (χ1n) is 9.58. The quantitative estimate of drug-likeness (QED) is 0.648. The molecule has 6 nitrogen and oxygen atoms in total. The summed E-state index contributed by atoms with van der Waals surface area (Å²) in [5.74, 6) is 0.732. The van der Waals surface area contributed by atoms with Gasteiger partial charge in [0.05, 0.1) is 27.9 Å². The Balaban J connectivity index is 1.26. The van der Waals surface area contributed by atoms with E-state index in [1.54, 1.807) is 30.6 Å². The van der Waals surface area contributed by atoms with Crippen molar-refractivity contribution < 1.29 is 9.53 Å². The van der Waals surface area contributed by atoms with E-state index >= 15 is 0 Å². The van der Waals surface area contributed by atoms with Gasteiger partial charge in [0.15, 0.2) is 5.13 Å². The van der Waals surface area contributed by atoms with Crippen molar-refractivity contribution in [3.05, 3.63) is 53.1 Å². The summed E-state index contributed by atoms with van der Waals surface area (Å²) in [6, 6.07) is 13.1. The highest BCUT2D eigenvalue weighted by Crippen LogP contribution is 2.31. The van der Waals surface area contributed by atoms with Crippen LogP contribution in [0.1, 0.15) is 10.4 Å². The van der Waals surface area contributed by atoms with Crippen LogP contribution in [0.3, 0.4) is 0 Å². The van der Waals surface area contributed by atoms with Crippen LogP contribution < -0.4 is 15.0 Å². The third-order valence-corrected chi connectivity index (χ3v) is 6.47. The largest absolute Gasteiger partial charge is 0.497 e. The van der Waals surface area contributed by atoms with Gasteiger partial charge in [-0.05, 0) is 30.3 Å². The minimum Gasteiger partial charge on any atom is -0.497 e. The van der Waals surface area contributed by atoms with E-state index in [4.69, 9.17) is 21.3 Å². The fourth-order valence-electron chi connectivity index (χ4n) is 3.39. The molecule has 1 aliphatic heterocycles. The van der Waals surface area contributed by atoms with Crippen LogP contribution in [-0.4, -0.2) is 62.2 Å². The minimum atomic E-state index is -0.126. The van der Waals surface area contributed by atoms with Gasteiger partial charge < -0.3 is 15.0 Å². The lowest BCUT2D eigenvalue weighted by Crippen LogP contribution is -2.48. The molecule has 1 aromatic heterocycles. The normalized spacial score (nSPS) is 14.9. The predicted octanol–water partition coefficient (Wildman–Crippen LogP) is 3.51. The van der Waals surface area contributed by atoms with Crippen LogP contribution >= 0.6 is 22.9 Å². The van der Waals surface area contributed by atoms with Gasteiger partial charge in [-0.25, -0.2) is 4.98 Å². The number of amides is 1. The number of carbonyl (C=O) groups excluding carboxylic acids is 1. The van der Waals surface area contributed by atoms with Crippen molar-refractivity contribution in [1.29, 1.82) is 0 Å². The van der Waals surface area contributed by atoms with Crippen molar-refractivity contribution in [1.82, 2.24) is 15.2 Å². The van der Waals surface area contributed by atoms with Gasteiger partial charge >= 0.3 is 0 Å². The molecule has 0 aliphatic carbocycles. The standard InChI is InChI=1S/C21H23ClN4O2S/c1-28-15-6-7-18-19(14-15)29-21(24-18)26-12-10-25(11-13-26)9-8-23-20(27)16-4-2-3-5-17(16)22/h2-7,14H,8-13H2,1H3,(H,23,27). The maximum atomic E-state index is 12.2. The lowest BCUT2D eigenvalue weighted by molar-refractivity contribution is 0.0948. The number of aromatic nitrogens is 1. The topological polar surface area (TPSA) is 57.7 Å². The second-order valence-electron chi connectivity index (χ2n) is 6.89. The zero-order chi connectivity index (χ0) is 20.2. The molecule has 2 aromatic carbocycles. The molecular weight excluding hydrogens is 408 g/mol. The molecule has 29 heavy (non-hydrogen) atoms. The van der Waals surface area contributed by atoms with Crippen LogP contribution in [0.25, 0.3) is 10.2 Å². The molecule has 1 aliphatic rings. The summed E-state index contributed by atoms with van der Waals surface area (Å²) in [6.45, 7) is 5.17. The molecule has 1 N–H and O–H groups in total. The number of thiazole rings is 1. The molecule has 0 unspecified atom stereocenters. The van der Waals surface area contributed by atoms with E-state index in [2.05, 4.69) is 15.1 Å². The monoisotopic (exact) mass is 430 g/mol. The Bertz CT molecular complexity index is 1000. The fraction of sp³-hybridized carbons (Fsp3) is 0.333. The van der Waals surface area contributed by atoms with Crippen LogP contribution in [0.2, 0.25) is 5.02 Å². The molecule has 0 atom stereocenters. The summed E-state index contributed by atoms with van der Waals surface area (Å²) in [4.78, 5) is 21.7. The zero-order valence-corrected chi connectivity index (χ0v) is 17.8. The maximum Gasteiger partial charge on any atom is 0.252 e. The Hall–Kier alpha value is -2.35. The highest BCUT2D eigenvalue weighted by Gasteiger charge is 2.20. The van der Waals surface area contributed by atoms with Crippen molar-refractivity contribution in [2.75, 3.05) is 51.3 Å². The zero-order valence-electron chi connectivity index (χ0n) is 16.2.